The molecule has 0 aromatic rings. The Kier molecular flexibility index (Phi) is 3.41. The molecule has 1 aliphatic carbocycles. The summed E-state index contributed by atoms with van der Waals surface area (Å²) in [6.07, 6.45) is 8.89. The second-order valence-electron chi connectivity index (χ2n) is 6.28. The molecule has 2 aliphatic heterocycles. The molecule has 104 valence electrons. The molecule has 0 radical (unpaired) electrons. The van der Waals surface area contributed by atoms with Crippen LogP contribution >= 0.6 is 0 Å². The first-order valence-corrected chi connectivity index (χ1v) is 8.95. The van der Waals surface area contributed by atoms with Crippen LogP contribution in [0.5, 0.6) is 0 Å². The fourth-order valence-electron chi connectivity index (χ4n) is 4.17. The maximum absolute atomic E-state index is 12.5. The Balaban J connectivity index is 1.67. The van der Waals surface area contributed by atoms with E-state index in [4.69, 9.17) is 5.73 Å². The van der Waals surface area contributed by atoms with Gasteiger partial charge in [0.05, 0.1) is 5.75 Å². The van der Waals surface area contributed by atoms with Crippen molar-refractivity contribution in [1.29, 1.82) is 0 Å². The standard InChI is InChI=1S/C13H24N2O2S/c14-13(10-3-1-2-4-10)9-18(16,17)15-11-5-6-12(15)8-7-11/h10-13H,1-9,14H2. The van der Waals surface area contributed by atoms with Crippen molar-refractivity contribution in [1.82, 2.24) is 4.31 Å². The second-order valence-corrected chi connectivity index (χ2v) is 8.20. The summed E-state index contributed by atoms with van der Waals surface area (Å²) < 4.78 is 26.8. The van der Waals surface area contributed by atoms with Crippen molar-refractivity contribution in [2.45, 2.75) is 69.5 Å². The van der Waals surface area contributed by atoms with Crippen LogP contribution in [0, 0.1) is 5.92 Å². The van der Waals surface area contributed by atoms with Crippen LogP contribution < -0.4 is 5.73 Å². The van der Waals surface area contributed by atoms with E-state index in [2.05, 4.69) is 0 Å². The summed E-state index contributed by atoms with van der Waals surface area (Å²) in [5.41, 5.74) is 6.14. The molecule has 0 amide bonds. The minimum Gasteiger partial charge on any atom is -0.326 e. The number of nitrogens with zero attached hydrogens (tertiary/aromatic N) is 1. The van der Waals surface area contributed by atoms with E-state index in [1.54, 1.807) is 0 Å². The average molecular weight is 272 g/mol. The van der Waals surface area contributed by atoms with E-state index in [0.29, 0.717) is 5.92 Å². The van der Waals surface area contributed by atoms with Crippen molar-refractivity contribution in [3.8, 4) is 0 Å². The molecule has 2 bridgehead atoms. The number of fused-ring (bicyclic) bond motifs is 2. The highest BCUT2D eigenvalue weighted by Crippen LogP contribution is 2.40. The molecule has 1 unspecified atom stereocenters. The fourth-order valence-corrected chi connectivity index (χ4v) is 6.43. The molecule has 1 saturated carbocycles. The highest BCUT2D eigenvalue weighted by molar-refractivity contribution is 7.89. The van der Waals surface area contributed by atoms with Gasteiger partial charge in [0, 0.05) is 18.1 Å². The van der Waals surface area contributed by atoms with Gasteiger partial charge in [0.2, 0.25) is 10.0 Å². The summed E-state index contributed by atoms with van der Waals surface area (Å²) in [4.78, 5) is 0. The second kappa shape index (κ2) is 4.76. The van der Waals surface area contributed by atoms with Gasteiger partial charge in [-0.05, 0) is 44.4 Å². The Morgan fingerprint density at radius 3 is 2.00 bits per heavy atom. The molecule has 2 heterocycles. The van der Waals surface area contributed by atoms with Crippen LogP contribution in [-0.4, -0.2) is 36.6 Å². The van der Waals surface area contributed by atoms with E-state index >= 15 is 0 Å². The highest BCUT2D eigenvalue weighted by atomic mass is 32.2. The quantitative estimate of drug-likeness (QED) is 0.842. The molecule has 18 heavy (non-hydrogen) atoms. The first-order chi connectivity index (χ1) is 8.58. The first-order valence-electron chi connectivity index (χ1n) is 7.35. The van der Waals surface area contributed by atoms with Gasteiger partial charge in [-0.2, -0.15) is 4.31 Å². The molecule has 5 heteroatoms. The van der Waals surface area contributed by atoms with E-state index in [1.807, 2.05) is 4.31 Å². The predicted octanol–water partition coefficient (Wildman–Crippen LogP) is 1.46. The number of sulfonamides is 1. The zero-order chi connectivity index (χ0) is 12.8. The zero-order valence-corrected chi connectivity index (χ0v) is 11.7. The summed E-state index contributed by atoms with van der Waals surface area (Å²) in [7, 11) is -3.12. The Morgan fingerprint density at radius 2 is 1.50 bits per heavy atom. The third kappa shape index (κ3) is 2.21. The van der Waals surface area contributed by atoms with E-state index in [0.717, 1.165) is 38.5 Å². The third-order valence-electron chi connectivity index (χ3n) is 5.12. The number of nitrogens with two attached hydrogens (primary N) is 1. The molecule has 0 aromatic heterocycles. The van der Waals surface area contributed by atoms with Crippen LogP contribution in [0.2, 0.25) is 0 Å². The predicted molar refractivity (Wildman–Crippen MR) is 71.6 cm³/mol. The van der Waals surface area contributed by atoms with Gasteiger partial charge in [-0.3, -0.25) is 0 Å². The molecule has 1 atom stereocenters. The van der Waals surface area contributed by atoms with Gasteiger partial charge in [0.1, 0.15) is 0 Å². The number of hydrogen-bond acceptors (Lipinski definition) is 3. The first kappa shape index (κ1) is 12.9. The largest absolute Gasteiger partial charge is 0.326 e. The number of rotatable bonds is 4. The molecule has 2 saturated heterocycles. The average Bonchev–Trinajstić information content (AvgIpc) is 3.05. The van der Waals surface area contributed by atoms with E-state index < -0.39 is 10.0 Å². The van der Waals surface area contributed by atoms with Gasteiger partial charge in [0.25, 0.3) is 0 Å². The summed E-state index contributed by atoms with van der Waals surface area (Å²) >= 11 is 0. The van der Waals surface area contributed by atoms with E-state index in [-0.39, 0.29) is 23.9 Å². The monoisotopic (exact) mass is 272 g/mol. The molecular formula is C13H24N2O2S. The normalized spacial score (nSPS) is 35.4. The topological polar surface area (TPSA) is 63.4 Å². The lowest BCUT2D eigenvalue weighted by molar-refractivity contribution is 0.384. The molecule has 3 fully saturated rings. The van der Waals surface area contributed by atoms with Gasteiger partial charge < -0.3 is 5.73 Å². The lowest BCUT2D eigenvalue weighted by Gasteiger charge is -2.25. The Bertz CT molecular complexity index is 383. The Hall–Kier alpha value is -0.130. The van der Waals surface area contributed by atoms with E-state index in [9.17, 15) is 8.42 Å². The Labute approximate surface area is 110 Å². The zero-order valence-electron chi connectivity index (χ0n) is 10.9. The van der Waals surface area contributed by atoms with Gasteiger partial charge >= 0.3 is 0 Å². The molecule has 0 spiro atoms. The highest BCUT2D eigenvalue weighted by Gasteiger charge is 2.46. The summed E-state index contributed by atoms with van der Waals surface area (Å²) in [5, 5.41) is 0. The van der Waals surface area contributed by atoms with Gasteiger partial charge in [0.15, 0.2) is 0 Å². The summed E-state index contributed by atoms with van der Waals surface area (Å²) in [6.45, 7) is 0. The summed E-state index contributed by atoms with van der Waals surface area (Å²) in [5.74, 6) is 0.602. The van der Waals surface area contributed by atoms with Crippen molar-refractivity contribution in [3.05, 3.63) is 0 Å². The minimum atomic E-state index is -3.12. The molecular weight excluding hydrogens is 248 g/mol. The van der Waals surface area contributed by atoms with Crippen LogP contribution in [-0.2, 0) is 10.0 Å². The minimum absolute atomic E-state index is 0.155. The Morgan fingerprint density at radius 1 is 1.00 bits per heavy atom. The van der Waals surface area contributed by atoms with Crippen molar-refractivity contribution < 1.29 is 8.42 Å². The molecule has 3 aliphatic rings. The van der Waals surface area contributed by atoms with Crippen LogP contribution in [0.25, 0.3) is 0 Å². The smallest absolute Gasteiger partial charge is 0.216 e. The molecule has 3 rings (SSSR count). The van der Waals surface area contributed by atoms with Gasteiger partial charge in [-0.25, -0.2) is 8.42 Å². The molecule has 0 aromatic carbocycles. The lowest BCUT2D eigenvalue weighted by Crippen LogP contribution is -2.44. The fraction of sp³-hybridized carbons (Fsp3) is 1.00. The van der Waals surface area contributed by atoms with Crippen LogP contribution in [0.15, 0.2) is 0 Å². The van der Waals surface area contributed by atoms with Crippen molar-refractivity contribution >= 4 is 10.0 Å². The molecule has 4 nitrogen and oxygen atoms in total. The third-order valence-corrected chi connectivity index (χ3v) is 7.16. The molecule has 2 N–H and O–H groups in total. The van der Waals surface area contributed by atoms with Gasteiger partial charge in [-0.1, -0.05) is 12.8 Å². The lowest BCUT2D eigenvalue weighted by atomic mass is 10.0. The van der Waals surface area contributed by atoms with Crippen molar-refractivity contribution in [2.75, 3.05) is 5.75 Å². The van der Waals surface area contributed by atoms with Crippen LogP contribution in [0.3, 0.4) is 0 Å². The van der Waals surface area contributed by atoms with Crippen LogP contribution in [0.4, 0.5) is 0 Å². The SMILES string of the molecule is NC(CS(=O)(=O)N1C2CCC1CC2)C1CCCC1. The maximum atomic E-state index is 12.5. The van der Waals surface area contributed by atoms with E-state index in [1.165, 1.54) is 12.8 Å². The van der Waals surface area contributed by atoms with Gasteiger partial charge in [-0.15, -0.1) is 0 Å². The maximum Gasteiger partial charge on any atom is 0.216 e. The van der Waals surface area contributed by atoms with Crippen molar-refractivity contribution in [3.63, 3.8) is 0 Å². The van der Waals surface area contributed by atoms with Crippen LogP contribution in [0.1, 0.15) is 51.4 Å². The van der Waals surface area contributed by atoms with Crippen molar-refractivity contribution in [2.24, 2.45) is 11.7 Å². The summed E-state index contributed by atoms with van der Waals surface area (Å²) in [6, 6.07) is 0.420. The number of hydrogen-bond donors (Lipinski definition) is 1.